The average Bonchev–Trinajstić information content (AvgIpc) is 2.83. The molecule has 0 aromatic heterocycles. The summed E-state index contributed by atoms with van der Waals surface area (Å²) in [5.41, 5.74) is 1.59. The third kappa shape index (κ3) is 2.07. The highest BCUT2D eigenvalue weighted by molar-refractivity contribution is 6.33. The van der Waals surface area contributed by atoms with Gasteiger partial charge in [0.25, 0.3) is 0 Å². The number of fused-ring (bicyclic) bond motifs is 1. The zero-order valence-electron chi connectivity index (χ0n) is 10.9. The molecule has 0 spiro atoms. The second-order valence-corrected chi connectivity index (χ2v) is 5.52. The number of aliphatic hydroxyl groups is 1. The number of aliphatic hydroxyl groups excluding tert-OH is 1. The van der Waals surface area contributed by atoms with Gasteiger partial charge in [0, 0.05) is 0 Å². The normalized spacial score (nSPS) is 20.8. The Morgan fingerprint density at radius 1 is 1.20 bits per heavy atom. The number of nitrogens with one attached hydrogen (secondary N) is 1. The van der Waals surface area contributed by atoms with Crippen LogP contribution in [0, 0.1) is 5.82 Å². The van der Waals surface area contributed by atoms with E-state index in [1.165, 1.54) is 6.07 Å². The molecular weight excluding hydrogens is 277 g/mol. The molecule has 0 saturated carbocycles. The Bertz CT molecular complexity index is 646. The molecule has 0 aliphatic heterocycles. The van der Waals surface area contributed by atoms with E-state index >= 15 is 0 Å². The number of hydrogen-bond acceptors (Lipinski definition) is 2. The maximum absolute atomic E-state index is 13.9. The van der Waals surface area contributed by atoms with E-state index in [1.807, 2.05) is 24.3 Å². The zero-order chi connectivity index (χ0) is 14.2. The van der Waals surface area contributed by atoms with Crippen LogP contribution in [0.3, 0.4) is 0 Å². The summed E-state index contributed by atoms with van der Waals surface area (Å²) in [6.45, 7) is -0.103. The SMILES string of the molecule is OCC1(Nc2ccccc2Cl)CCc2c(F)cccc21. The van der Waals surface area contributed by atoms with Gasteiger partial charge in [-0.2, -0.15) is 0 Å². The van der Waals surface area contributed by atoms with Crippen molar-refractivity contribution in [3.05, 3.63) is 64.4 Å². The first kappa shape index (κ1) is 13.4. The molecule has 3 rings (SSSR count). The minimum Gasteiger partial charge on any atom is -0.394 e. The van der Waals surface area contributed by atoms with Gasteiger partial charge in [0.15, 0.2) is 0 Å². The van der Waals surface area contributed by atoms with Gasteiger partial charge >= 0.3 is 0 Å². The lowest BCUT2D eigenvalue weighted by Gasteiger charge is -2.31. The van der Waals surface area contributed by atoms with Crippen molar-refractivity contribution in [2.75, 3.05) is 11.9 Å². The van der Waals surface area contributed by atoms with E-state index in [0.717, 1.165) is 11.3 Å². The molecule has 2 aromatic carbocycles. The Kier molecular flexibility index (Phi) is 3.40. The van der Waals surface area contributed by atoms with Crippen molar-refractivity contribution in [1.82, 2.24) is 0 Å². The second kappa shape index (κ2) is 5.08. The molecule has 0 saturated heterocycles. The third-order valence-corrected chi connectivity index (χ3v) is 4.28. The summed E-state index contributed by atoms with van der Waals surface area (Å²) in [6.07, 6.45) is 1.25. The molecule has 2 N–H and O–H groups in total. The molecule has 1 atom stereocenters. The summed E-state index contributed by atoms with van der Waals surface area (Å²) in [5.74, 6) is -0.209. The first-order chi connectivity index (χ1) is 9.66. The Balaban J connectivity index is 2.04. The summed E-state index contributed by atoms with van der Waals surface area (Å²) >= 11 is 6.16. The molecule has 0 radical (unpaired) electrons. The highest BCUT2D eigenvalue weighted by Gasteiger charge is 2.39. The van der Waals surface area contributed by atoms with Crippen molar-refractivity contribution in [2.45, 2.75) is 18.4 Å². The maximum Gasteiger partial charge on any atom is 0.126 e. The lowest BCUT2D eigenvalue weighted by Crippen LogP contribution is -2.37. The monoisotopic (exact) mass is 291 g/mol. The minimum absolute atomic E-state index is 0.103. The largest absolute Gasteiger partial charge is 0.394 e. The fraction of sp³-hybridized carbons (Fsp3) is 0.250. The minimum atomic E-state index is -0.664. The molecule has 0 amide bonds. The number of halogens is 2. The topological polar surface area (TPSA) is 32.3 Å². The number of para-hydroxylation sites is 1. The zero-order valence-corrected chi connectivity index (χ0v) is 11.6. The highest BCUT2D eigenvalue weighted by Crippen LogP contribution is 2.41. The molecule has 2 aromatic rings. The molecule has 4 heteroatoms. The third-order valence-electron chi connectivity index (χ3n) is 3.95. The molecule has 0 fully saturated rings. The molecule has 0 bridgehead atoms. The fourth-order valence-electron chi connectivity index (χ4n) is 2.89. The van der Waals surface area contributed by atoms with E-state index in [2.05, 4.69) is 5.32 Å². The summed E-state index contributed by atoms with van der Waals surface area (Å²) in [6, 6.07) is 12.4. The quantitative estimate of drug-likeness (QED) is 0.903. The Morgan fingerprint density at radius 3 is 2.75 bits per heavy atom. The van der Waals surface area contributed by atoms with Crippen LogP contribution in [-0.4, -0.2) is 11.7 Å². The number of hydrogen-bond donors (Lipinski definition) is 2. The average molecular weight is 292 g/mol. The van der Waals surface area contributed by atoms with Crippen molar-refractivity contribution in [3.63, 3.8) is 0 Å². The van der Waals surface area contributed by atoms with E-state index in [-0.39, 0.29) is 12.4 Å². The molecule has 104 valence electrons. The van der Waals surface area contributed by atoms with E-state index < -0.39 is 5.54 Å². The first-order valence-corrected chi connectivity index (χ1v) is 6.95. The van der Waals surface area contributed by atoms with Gasteiger partial charge in [0.05, 0.1) is 22.9 Å². The van der Waals surface area contributed by atoms with Crippen LogP contribution >= 0.6 is 11.6 Å². The van der Waals surface area contributed by atoms with Crippen molar-refractivity contribution in [1.29, 1.82) is 0 Å². The van der Waals surface area contributed by atoms with Gasteiger partial charge in [-0.25, -0.2) is 4.39 Å². The smallest absolute Gasteiger partial charge is 0.126 e. The standard InChI is InChI=1S/C16H15ClFNO/c17-13-5-1-2-7-15(13)19-16(10-20)9-8-11-12(16)4-3-6-14(11)18/h1-7,19-20H,8-10H2. The Morgan fingerprint density at radius 2 is 2.00 bits per heavy atom. The Hall–Kier alpha value is -1.58. The van der Waals surface area contributed by atoms with Gasteiger partial charge in [-0.3, -0.25) is 0 Å². The number of anilines is 1. The second-order valence-electron chi connectivity index (χ2n) is 5.11. The molecule has 0 heterocycles. The van der Waals surface area contributed by atoms with E-state index in [9.17, 15) is 9.50 Å². The first-order valence-electron chi connectivity index (χ1n) is 6.58. The van der Waals surface area contributed by atoms with Crippen molar-refractivity contribution < 1.29 is 9.50 Å². The lowest BCUT2D eigenvalue weighted by molar-refractivity contribution is 0.212. The van der Waals surface area contributed by atoms with Crippen molar-refractivity contribution in [2.24, 2.45) is 0 Å². The summed E-state index contributed by atoms with van der Waals surface area (Å²) in [5, 5.41) is 13.8. The number of rotatable bonds is 3. The van der Waals surface area contributed by atoms with Crippen LogP contribution in [0.2, 0.25) is 5.02 Å². The van der Waals surface area contributed by atoms with Crippen LogP contribution in [0.5, 0.6) is 0 Å². The summed E-state index contributed by atoms with van der Waals surface area (Å²) < 4.78 is 13.9. The van der Waals surface area contributed by atoms with Crippen LogP contribution in [-0.2, 0) is 12.0 Å². The molecule has 1 aliphatic carbocycles. The van der Waals surface area contributed by atoms with Crippen molar-refractivity contribution in [3.8, 4) is 0 Å². The maximum atomic E-state index is 13.9. The highest BCUT2D eigenvalue weighted by atomic mass is 35.5. The number of benzene rings is 2. The van der Waals surface area contributed by atoms with Gasteiger partial charge in [-0.15, -0.1) is 0 Å². The van der Waals surface area contributed by atoms with Gasteiger partial charge in [-0.05, 0) is 42.2 Å². The van der Waals surface area contributed by atoms with Crippen LogP contribution in [0.4, 0.5) is 10.1 Å². The van der Waals surface area contributed by atoms with Crippen molar-refractivity contribution >= 4 is 17.3 Å². The molecule has 20 heavy (non-hydrogen) atoms. The van der Waals surface area contributed by atoms with Gasteiger partial charge in [0.2, 0.25) is 0 Å². The van der Waals surface area contributed by atoms with Gasteiger partial charge in [-0.1, -0.05) is 35.9 Å². The van der Waals surface area contributed by atoms with Gasteiger partial charge < -0.3 is 10.4 Å². The molecular formula is C16H15ClFNO. The van der Waals surface area contributed by atoms with E-state index in [0.29, 0.717) is 23.4 Å². The van der Waals surface area contributed by atoms with Gasteiger partial charge in [0.1, 0.15) is 5.82 Å². The molecule has 2 nitrogen and oxygen atoms in total. The van der Waals surface area contributed by atoms with Crippen LogP contribution in [0.25, 0.3) is 0 Å². The van der Waals surface area contributed by atoms with Crippen LogP contribution < -0.4 is 5.32 Å². The molecule has 1 unspecified atom stereocenters. The predicted molar refractivity (Wildman–Crippen MR) is 78.6 cm³/mol. The van der Waals surface area contributed by atoms with E-state index in [1.54, 1.807) is 12.1 Å². The summed E-state index contributed by atoms with van der Waals surface area (Å²) in [4.78, 5) is 0. The fourth-order valence-corrected chi connectivity index (χ4v) is 3.07. The lowest BCUT2D eigenvalue weighted by atomic mass is 9.92. The predicted octanol–water partition coefficient (Wildman–Crippen LogP) is 3.73. The Labute approximate surface area is 122 Å². The van der Waals surface area contributed by atoms with Crippen LogP contribution in [0.15, 0.2) is 42.5 Å². The van der Waals surface area contributed by atoms with Crippen LogP contribution in [0.1, 0.15) is 17.5 Å². The summed E-state index contributed by atoms with van der Waals surface area (Å²) in [7, 11) is 0. The van der Waals surface area contributed by atoms with E-state index in [4.69, 9.17) is 11.6 Å². The molecule has 1 aliphatic rings.